The molecule has 0 fully saturated rings. The van der Waals surface area contributed by atoms with Crippen molar-refractivity contribution in [2.24, 2.45) is 0 Å². The molecule has 0 atom stereocenters. The van der Waals surface area contributed by atoms with Crippen LogP contribution in [0.5, 0.6) is 0 Å². The molecule has 0 N–H and O–H groups in total. The predicted octanol–water partition coefficient (Wildman–Crippen LogP) is 23.3. The van der Waals surface area contributed by atoms with Crippen molar-refractivity contribution in [2.75, 3.05) is 0 Å². The second-order valence-corrected chi connectivity index (χ2v) is 26.0. The van der Waals surface area contributed by atoms with Gasteiger partial charge in [-0.1, -0.05) is 140 Å². The molecule has 3 heterocycles. The lowest BCUT2D eigenvalue weighted by Crippen LogP contribution is -2.04. The van der Waals surface area contributed by atoms with E-state index < -0.39 is 0 Å². The van der Waals surface area contributed by atoms with Gasteiger partial charge < -0.3 is 13.7 Å². The summed E-state index contributed by atoms with van der Waals surface area (Å²) in [5, 5.41) is 50.6. The summed E-state index contributed by atoms with van der Waals surface area (Å²) in [7, 11) is 0. The van der Waals surface area contributed by atoms with Crippen molar-refractivity contribution >= 4 is 72.7 Å². The second-order valence-electron chi connectivity index (χ2n) is 26.0. The lowest BCUT2D eigenvalue weighted by atomic mass is 9.93. The lowest BCUT2D eigenvalue weighted by molar-refractivity contribution is 1.09. The molecule has 0 aliphatic heterocycles. The van der Waals surface area contributed by atoms with Gasteiger partial charge in [0.05, 0.1) is 66.9 Å². The fourth-order valence-corrected chi connectivity index (χ4v) is 15.5. The van der Waals surface area contributed by atoms with E-state index in [4.69, 9.17) is 0 Å². The topological polar surface area (TPSA) is 110 Å². The number of benzene rings is 12. The van der Waals surface area contributed by atoms with Crippen molar-refractivity contribution in [3.8, 4) is 97.0 Å². The molecule has 0 saturated heterocycles. The summed E-state index contributed by atoms with van der Waals surface area (Å²) < 4.78 is 6.47. The van der Waals surface area contributed by atoms with Crippen molar-refractivity contribution < 1.29 is 0 Å². The van der Waals surface area contributed by atoms with Crippen LogP contribution < -0.4 is 0 Å². The van der Waals surface area contributed by atoms with Gasteiger partial charge in [0.1, 0.15) is 24.3 Å². The van der Waals surface area contributed by atoms with Crippen LogP contribution in [0.4, 0.5) is 0 Å². The van der Waals surface area contributed by atoms with E-state index in [2.05, 4.69) is 288 Å². The number of nitrogens with zero attached hydrogens (tertiary/aromatic N) is 7. The summed E-state index contributed by atoms with van der Waals surface area (Å²) in [5.41, 5.74) is 30.4. The van der Waals surface area contributed by atoms with Gasteiger partial charge in [-0.15, -0.1) is 0 Å². The monoisotopic (exact) mass is 1260 g/mol. The van der Waals surface area contributed by atoms with Crippen LogP contribution in [0, 0.1) is 101 Å². The molecule has 15 aromatic rings. The van der Waals surface area contributed by atoms with Gasteiger partial charge in [0.15, 0.2) is 0 Å². The van der Waals surface area contributed by atoms with Crippen molar-refractivity contribution in [3.05, 3.63) is 308 Å². The minimum Gasteiger partial charge on any atom is -0.309 e. The number of hydrogen-bond acceptors (Lipinski definition) is 4. The molecular weight excluding hydrogens is 1190 g/mol. The largest absolute Gasteiger partial charge is 0.309 e. The number of allylic oxidation sites excluding steroid dienone is 1. The number of nitriles is 4. The lowest BCUT2D eigenvalue weighted by Gasteiger charge is -2.16. The first-order valence-electron chi connectivity index (χ1n) is 33.2. The van der Waals surface area contributed by atoms with E-state index in [0.717, 1.165) is 116 Å². The number of rotatable bonds is 11. The number of hydrogen-bond donors (Lipinski definition) is 0. The summed E-state index contributed by atoms with van der Waals surface area (Å²) in [6, 6.07) is 86.2. The van der Waals surface area contributed by atoms with Crippen LogP contribution >= 0.6 is 0 Å². The van der Waals surface area contributed by atoms with Crippen LogP contribution in [-0.4, -0.2) is 13.7 Å². The Morgan fingerprint density at radius 1 is 0.276 bits per heavy atom. The standard InChI is InChI=1S/C91H67N7/c1-10-18-81-75(35-34-74-54(2)19-14-20-55(74)3)76-47-64(87-56(4)21-15-22-57(87)5)31-38-84(76)97(81)90-69(50-92)41-67(42-70(90)51-93)62-29-36-82-77(45-62)78-46-63(30-37-83(78)96(82)73-27-12-11-13-28-73)68-43-71(52-94)91(72(44-68)53-95)98-85-39-32-65(88-58(6)23-16-24-59(88)7)48-79(85)80-49-66(33-40-86(80)98)89-60(8)25-17-26-61(89)9/h10-49H,1-9H3/b18-10-,35-34+. The summed E-state index contributed by atoms with van der Waals surface area (Å²) in [6.07, 6.45) is 8.48. The van der Waals surface area contributed by atoms with Gasteiger partial charge in [0, 0.05) is 38.2 Å². The van der Waals surface area contributed by atoms with Gasteiger partial charge in [-0.2, -0.15) is 21.0 Å². The zero-order valence-corrected chi connectivity index (χ0v) is 56.2. The van der Waals surface area contributed by atoms with Crippen molar-refractivity contribution in [2.45, 2.75) is 62.3 Å². The zero-order valence-electron chi connectivity index (χ0n) is 56.2. The number of para-hydroxylation sites is 1. The Morgan fingerprint density at radius 3 is 0.969 bits per heavy atom. The third kappa shape index (κ3) is 10.1. The highest BCUT2D eigenvalue weighted by Gasteiger charge is 2.26. The molecule has 0 unspecified atom stereocenters. The molecule has 0 aliphatic carbocycles. The Morgan fingerprint density at radius 2 is 0.592 bits per heavy atom. The van der Waals surface area contributed by atoms with E-state index in [9.17, 15) is 21.0 Å². The molecule has 0 radical (unpaired) electrons. The van der Waals surface area contributed by atoms with E-state index in [-0.39, 0.29) is 0 Å². The van der Waals surface area contributed by atoms with Crippen LogP contribution in [-0.2, 0) is 0 Å². The van der Waals surface area contributed by atoms with Crippen LogP contribution in [0.25, 0.3) is 145 Å². The average Bonchev–Trinajstić information content (AvgIpc) is 1.57. The molecule has 7 heteroatoms. The van der Waals surface area contributed by atoms with Gasteiger partial charge in [-0.05, 0) is 271 Å². The summed E-state index contributed by atoms with van der Waals surface area (Å²) in [6.45, 7) is 19.2. The molecule has 0 amide bonds. The van der Waals surface area contributed by atoms with E-state index >= 15 is 0 Å². The van der Waals surface area contributed by atoms with Crippen molar-refractivity contribution in [1.82, 2.24) is 13.7 Å². The molecule has 0 saturated carbocycles. The highest BCUT2D eigenvalue weighted by molar-refractivity contribution is 6.14. The average molecular weight is 1260 g/mol. The third-order valence-electron chi connectivity index (χ3n) is 20.0. The molecule has 0 bridgehead atoms. The Balaban J connectivity index is 0.894. The van der Waals surface area contributed by atoms with Crippen molar-refractivity contribution in [3.63, 3.8) is 0 Å². The number of aromatic nitrogens is 3. The van der Waals surface area contributed by atoms with Crippen LogP contribution in [0.2, 0.25) is 0 Å². The Kier molecular flexibility index (Phi) is 15.4. The molecule has 3 aromatic heterocycles. The van der Waals surface area contributed by atoms with E-state index in [1.165, 1.54) is 61.2 Å². The quantitative estimate of drug-likeness (QED) is 0.128. The molecule has 12 aromatic carbocycles. The first-order valence-corrected chi connectivity index (χ1v) is 33.2. The maximum absolute atomic E-state index is 11.4. The fraction of sp³-hybridized carbons (Fsp3) is 0.0989. The molecule has 466 valence electrons. The molecule has 15 rings (SSSR count). The SMILES string of the molecule is C/C=C\c1c(/C=C/c2c(C)cccc2C)c2cc(-c3c(C)cccc3C)ccc2n1-c1c(C#N)cc(-c2ccc3c(c2)c2cc(-c4cc(C#N)c(-n5c6ccc(-c7c(C)cccc7C)cc6c6cc(-c7c(C)cccc7C)ccc65)c(C#N)c4)ccc2n3-c2ccccc2)cc1C#N. The second kappa shape index (κ2) is 24.5. The van der Waals surface area contributed by atoms with Gasteiger partial charge >= 0.3 is 0 Å². The van der Waals surface area contributed by atoms with Crippen LogP contribution in [0.1, 0.15) is 90.5 Å². The Labute approximate surface area is 571 Å². The summed E-state index contributed by atoms with van der Waals surface area (Å²) >= 11 is 0. The Bertz CT molecular complexity index is 5880. The minimum absolute atomic E-state index is 0.357. The molecule has 7 nitrogen and oxygen atoms in total. The molecular formula is C91H67N7. The van der Waals surface area contributed by atoms with E-state index in [1.807, 2.05) is 55.5 Å². The maximum Gasteiger partial charge on any atom is 0.101 e. The summed E-state index contributed by atoms with van der Waals surface area (Å²) in [5.74, 6) is 0. The highest BCUT2D eigenvalue weighted by atomic mass is 15.0. The van der Waals surface area contributed by atoms with Gasteiger partial charge in [0.25, 0.3) is 0 Å². The van der Waals surface area contributed by atoms with Gasteiger partial charge in [-0.3, -0.25) is 0 Å². The van der Waals surface area contributed by atoms with Crippen LogP contribution in [0.3, 0.4) is 0 Å². The van der Waals surface area contributed by atoms with Gasteiger partial charge in [0.2, 0.25) is 0 Å². The first kappa shape index (κ1) is 61.4. The third-order valence-corrected chi connectivity index (χ3v) is 20.0. The fourth-order valence-electron chi connectivity index (χ4n) is 15.5. The zero-order chi connectivity index (χ0) is 67.8. The smallest absolute Gasteiger partial charge is 0.101 e. The first-order chi connectivity index (χ1) is 47.7. The minimum atomic E-state index is 0.357. The molecule has 98 heavy (non-hydrogen) atoms. The van der Waals surface area contributed by atoms with Crippen LogP contribution in [0.15, 0.2) is 224 Å². The summed E-state index contributed by atoms with van der Waals surface area (Å²) in [4.78, 5) is 0. The normalized spacial score (nSPS) is 11.6. The highest BCUT2D eigenvalue weighted by Crippen LogP contribution is 2.45. The van der Waals surface area contributed by atoms with E-state index in [1.54, 1.807) is 0 Å². The number of fused-ring (bicyclic) bond motifs is 7. The Hall–Kier alpha value is -12.8. The van der Waals surface area contributed by atoms with Crippen molar-refractivity contribution in [1.29, 1.82) is 21.0 Å². The van der Waals surface area contributed by atoms with E-state index in [0.29, 0.717) is 33.6 Å². The maximum atomic E-state index is 11.4. The predicted molar refractivity (Wildman–Crippen MR) is 406 cm³/mol. The molecule has 0 spiro atoms. The molecule has 0 aliphatic rings. The number of aryl methyl sites for hydroxylation is 8. The van der Waals surface area contributed by atoms with Gasteiger partial charge in [-0.25, -0.2) is 0 Å².